The maximum atomic E-state index is 6.33. The summed E-state index contributed by atoms with van der Waals surface area (Å²) in [6.45, 7) is 7.41. The summed E-state index contributed by atoms with van der Waals surface area (Å²) in [6, 6.07) is 4.68. The Labute approximate surface area is 118 Å². The molecule has 4 unspecified atom stereocenters. The van der Waals surface area contributed by atoms with Crippen LogP contribution in [0.2, 0.25) is 0 Å². The van der Waals surface area contributed by atoms with Crippen LogP contribution >= 0.6 is 23.1 Å². The van der Waals surface area contributed by atoms with Gasteiger partial charge in [0.2, 0.25) is 0 Å². The lowest BCUT2D eigenvalue weighted by Gasteiger charge is -2.25. The molecule has 1 aliphatic rings. The molecule has 102 valence electrons. The molecule has 1 aromatic heterocycles. The van der Waals surface area contributed by atoms with Gasteiger partial charge in [0, 0.05) is 27.7 Å². The van der Waals surface area contributed by atoms with Crippen molar-refractivity contribution < 1.29 is 4.74 Å². The second-order valence-electron chi connectivity index (χ2n) is 4.98. The lowest BCUT2D eigenvalue weighted by atomic mass is 10.1. The van der Waals surface area contributed by atoms with E-state index in [2.05, 4.69) is 32.9 Å². The molecule has 1 aromatic rings. The normalized spacial score (nSPS) is 27.3. The first-order valence-electron chi connectivity index (χ1n) is 6.70. The molecule has 1 saturated heterocycles. The quantitative estimate of drug-likeness (QED) is 0.895. The van der Waals surface area contributed by atoms with E-state index >= 15 is 0 Å². The summed E-state index contributed by atoms with van der Waals surface area (Å²) in [5.74, 6) is 0. The highest BCUT2D eigenvalue weighted by molar-refractivity contribution is 8.00. The van der Waals surface area contributed by atoms with Crippen LogP contribution in [0, 0.1) is 6.92 Å². The lowest BCUT2D eigenvalue weighted by Crippen LogP contribution is -2.28. The Morgan fingerprint density at radius 2 is 2.33 bits per heavy atom. The first-order valence-corrected chi connectivity index (χ1v) is 8.46. The number of hydrogen-bond acceptors (Lipinski definition) is 4. The van der Waals surface area contributed by atoms with Crippen LogP contribution in [-0.4, -0.2) is 24.0 Å². The minimum absolute atomic E-state index is 0.237. The van der Waals surface area contributed by atoms with Gasteiger partial charge in [-0.2, -0.15) is 0 Å². The molecule has 2 N–H and O–H groups in total. The SMILES string of the molecule is CCC(N)C(SC1CCOC1C)c1ccc(C)s1. The molecule has 1 aliphatic heterocycles. The Bertz CT molecular complexity index is 380. The molecule has 1 fully saturated rings. The minimum atomic E-state index is 0.237. The molecule has 0 radical (unpaired) electrons. The van der Waals surface area contributed by atoms with Crippen molar-refractivity contribution in [2.75, 3.05) is 6.61 Å². The van der Waals surface area contributed by atoms with Gasteiger partial charge in [0.15, 0.2) is 0 Å². The molecule has 18 heavy (non-hydrogen) atoms. The number of rotatable bonds is 5. The molecule has 4 heteroatoms. The second-order valence-corrected chi connectivity index (χ2v) is 7.69. The van der Waals surface area contributed by atoms with E-state index in [1.54, 1.807) is 0 Å². The molecule has 0 amide bonds. The third-order valence-corrected chi connectivity index (χ3v) is 6.63. The van der Waals surface area contributed by atoms with E-state index in [1.165, 1.54) is 9.75 Å². The van der Waals surface area contributed by atoms with Crippen molar-refractivity contribution >= 4 is 23.1 Å². The molecule has 0 saturated carbocycles. The average molecular weight is 285 g/mol. The van der Waals surface area contributed by atoms with Gasteiger partial charge in [0.05, 0.1) is 11.4 Å². The number of thioether (sulfide) groups is 1. The van der Waals surface area contributed by atoms with E-state index in [9.17, 15) is 0 Å². The zero-order valence-corrected chi connectivity index (χ0v) is 13.0. The highest BCUT2D eigenvalue weighted by Crippen LogP contribution is 2.42. The van der Waals surface area contributed by atoms with Crippen LogP contribution in [-0.2, 0) is 4.74 Å². The topological polar surface area (TPSA) is 35.2 Å². The van der Waals surface area contributed by atoms with Crippen LogP contribution in [0.15, 0.2) is 12.1 Å². The van der Waals surface area contributed by atoms with E-state index in [1.807, 2.05) is 23.1 Å². The predicted octanol–water partition coefficient (Wildman–Crippen LogP) is 3.75. The summed E-state index contributed by atoms with van der Waals surface area (Å²) in [5.41, 5.74) is 6.33. The largest absolute Gasteiger partial charge is 0.377 e. The highest BCUT2D eigenvalue weighted by atomic mass is 32.2. The van der Waals surface area contributed by atoms with Crippen LogP contribution in [0.25, 0.3) is 0 Å². The fraction of sp³-hybridized carbons (Fsp3) is 0.714. The first-order chi connectivity index (χ1) is 8.61. The van der Waals surface area contributed by atoms with Crippen molar-refractivity contribution in [1.82, 2.24) is 0 Å². The van der Waals surface area contributed by atoms with Gasteiger partial charge >= 0.3 is 0 Å². The predicted molar refractivity (Wildman–Crippen MR) is 81.5 cm³/mol. The number of ether oxygens (including phenoxy) is 1. The van der Waals surface area contributed by atoms with Crippen molar-refractivity contribution in [3.63, 3.8) is 0 Å². The van der Waals surface area contributed by atoms with Gasteiger partial charge in [-0.25, -0.2) is 0 Å². The summed E-state index contributed by atoms with van der Waals surface area (Å²) < 4.78 is 5.66. The average Bonchev–Trinajstić information content (AvgIpc) is 2.94. The summed E-state index contributed by atoms with van der Waals surface area (Å²) in [4.78, 5) is 2.79. The highest BCUT2D eigenvalue weighted by Gasteiger charge is 2.31. The van der Waals surface area contributed by atoms with Gasteiger partial charge in [-0.05, 0) is 38.8 Å². The number of aryl methyl sites for hydroxylation is 1. The molecule has 2 heterocycles. The molecular weight excluding hydrogens is 262 g/mol. The maximum absolute atomic E-state index is 6.33. The Kier molecular flexibility index (Phi) is 5.13. The van der Waals surface area contributed by atoms with Crippen molar-refractivity contribution in [1.29, 1.82) is 0 Å². The van der Waals surface area contributed by atoms with Crippen LogP contribution < -0.4 is 5.73 Å². The van der Waals surface area contributed by atoms with Gasteiger partial charge in [-0.1, -0.05) is 6.92 Å². The van der Waals surface area contributed by atoms with E-state index in [0.29, 0.717) is 16.6 Å². The van der Waals surface area contributed by atoms with Crippen LogP contribution in [0.3, 0.4) is 0 Å². The fourth-order valence-electron chi connectivity index (χ4n) is 2.28. The molecule has 2 nitrogen and oxygen atoms in total. The number of hydrogen-bond donors (Lipinski definition) is 1. The maximum Gasteiger partial charge on any atom is 0.0666 e. The molecule has 0 aliphatic carbocycles. The molecule has 0 aromatic carbocycles. The van der Waals surface area contributed by atoms with Crippen molar-refractivity contribution in [2.45, 2.75) is 56.3 Å². The number of nitrogens with two attached hydrogens (primary N) is 1. The molecule has 0 bridgehead atoms. The van der Waals surface area contributed by atoms with E-state index in [4.69, 9.17) is 10.5 Å². The Morgan fingerprint density at radius 3 is 2.83 bits per heavy atom. The first kappa shape index (κ1) is 14.4. The molecule has 4 atom stereocenters. The van der Waals surface area contributed by atoms with Gasteiger partial charge in [-0.3, -0.25) is 0 Å². The summed E-state index contributed by atoms with van der Waals surface area (Å²) in [5, 5.41) is 1.01. The van der Waals surface area contributed by atoms with Gasteiger partial charge in [0.1, 0.15) is 0 Å². The minimum Gasteiger partial charge on any atom is -0.377 e. The Morgan fingerprint density at radius 1 is 1.56 bits per heavy atom. The van der Waals surface area contributed by atoms with Crippen molar-refractivity contribution in [2.24, 2.45) is 5.73 Å². The molecule has 2 rings (SSSR count). The van der Waals surface area contributed by atoms with E-state index < -0.39 is 0 Å². The summed E-state index contributed by atoms with van der Waals surface area (Å²) in [6.07, 6.45) is 2.54. The molecular formula is C14H23NOS2. The van der Waals surface area contributed by atoms with Crippen LogP contribution in [0.1, 0.15) is 41.7 Å². The van der Waals surface area contributed by atoms with Crippen molar-refractivity contribution in [3.05, 3.63) is 21.9 Å². The monoisotopic (exact) mass is 285 g/mol. The number of thiophene rings is 1. The van der Waals surface area contributed by atoms with Crippen molar-refractivity contribution in [3.8, 4) is 0 Å². The van der Waals surface area contributed by atoms with E-state index in [-0.39, 0.29) is 6.04 Å². The third kappa shape index (κ3) is 3.29. The fourth-order valence-corrected chi connectivity index (χ4v) is 5.04. The summed E-state index contributed by atoms with van der Waals surface area (Å²) in [7, 11) is 0. The standard InChI is InChI=1S/C14H23NOS2/c1-4-11(15)14(13-6-5-9(2)17-13)18-12-7-8-16-10(12)3/h5-6,10-12,14H,4,7-8,15H2,1-3H3. The molecule has 0 spiro atoms. The smallest absolute Gasteiger partial charge is 0.0666 e. The van der Waals surface area contributed by atoms with Gasteiger partial charge < -0.3 is 10.5 Å². The lowest BCUT2D eigenvalue weighted by molar-refractivity contribution is 0.127. The van der Waals surface area contributed by atoms with Gasteiger partial charge in [-0.15, -0.1) is 23.1 Å². The summed E-state index contributed by atoms with van der Waals surface area (Å²) >= 11 is 3.90. The van der Waals surface area contributed by atoms with E-state index in [0.717, 1.165) is 19.4 Å². The second kappa shape index (κ2) is 6.42. The van der Waals surface area contributed by atoms with Gasteiger partial charge in [0.25, 0.3) is 0 Å². The zero-order chi connectivity index (χ0) is 13.1. The Hall–Kier alpha value is -0.0300. The Balaban J connectivity index is 2.10. The van der Waals surface area contributed by atoms with Crippen LogP contribution in [0.4, 0.5) is 0 Å². The third-order valence-electron chi connectivity index (χ3n) is 3.53. The zero-order valence-electron chi connectivity index (χ0n) is 11.4. The van der Waals surface area contributed by atoms with Crippen LogP contribution in [0.5, 0.6) is 0 Å².